The van der Waals surface area contributed by atoms with Gasteiger partial charge in [0.15, 0.2) is 5.12 Å². The summed E-state index contributed by atoms with van der Waals surface area (Å²) in [6.07, 6.45) is 11.1. The van der Waals surface area contributed by atoms with E-state index in [-0.39, 0.29) is 22.4 Å². The number of carbonyl (C=O) groups is 2. The zero-order chi connectivity index (χ0) is 19.7. The van der Waals surface area contributed by atoms with E-state index >= 15 is 0 Å². The lowest BCUT2D eigenvalue weighted by Crippen LogP contribution is -2.35. The second kappa shape index (κ2) is 10.9. The van der Waals surface area contributed by atoms with Gasteiger partial charge in [-0.25, -0.2) is 0 Å². The Balaban J connectivity index is 1.96. The van der Waals surface area contributed by atoms with Crippen LogP contribution in [-0.4, -0.2) is 11.0 Å². The normalized spacial score (nSPS) is 17.3. The van der Waals surface area contributed by atoms with E-state index in [4.69, 9.17) is 0 Å². The third kappa shape index (κ3) is 6.67. The fourth-order valence-electron chi connectivity index (χ4n) is 3.70. The number of hydrogen-bond donors (Lipinski definition) is 1. The Bertz CT molecular complexity index is 623. The van der Waals surface area contributed by atoms with Gasteiger partial charge in [0, 0.05) is 16.2 Å². The number of para-hydroxylation sites is 1. The van der Waals surface area contributed by atoms with E-state index in [2.05, 4.69) is 19.2 Å². The first-order valence-corrected chi connectivity index (χ1v) is 11.4. The largest absolute Gasteiger partial charge is 0.325 e. The number of amides is 1. The number of carbonyl (C=O) groups excluding carboxylic acids is 2. The molecule has 1 fully saturated rings. The van der Waals surface area contributed by atoms with Crippen molar-refractivity contribution in [2.24, 2.45) is 11.3 Å². The Morgan fingerprint density at radius 1 is 1.11 bits per heavy atom. The molecule has 0 aliphatic heterocycles. The van der Waals surface area contributed by atoms with Gasteiger partial charge in [0.05, 0.1) is 5.69 Å². The van der Waals surface area contributed by atoms with Crippen LogP contribution >= 0.6 is 11.8 Å². The van der Waals surface area contributed by atoms with Crippen LogP contribution in [-0.2, 0) is 9.59 Å². The minimum absolute atomic E-state index is 0.0477. The fraction of sp³-hybridized carbons (Fsp3) is 0.652. The summed E-state index contributed by atoms with van der Waals surface area (Å²) >= 11 is 1.28. The molecule has 1 aromatic carbocycles. The summed E-state index contributed by atoms with van der Waals surface area (Å²) in [5.74, 6) is 0.141. The van der Waals surface area contributed by atoms with Crippen molar-refractivity contribution in [3.63, 3.8) is 0 Å². The Labute approximate surface area is 169 Å². The highest BCUT2D eigenvalue weighted by Crippen LogP contribution is 2.38. The maximum atomic E-state index is 12.9. The van der Waals surface area contributed by atoms with Crippen LogP contribution in [0.15, 0.2) is 29.2 Å². The van der Waals surface area contributed by atoms with Crippen LogP contribution in [0.5, 0.6) is 0 Å². The second-order valence-electron chi connectivity index (χ2n) is 8.24. The molecular weight excluding hydrogens is 354 g/mol. The maximum absolute atomic E-state index is 12.9. The first-order chi connectivity index (χ1) is 13.0. The summed E-state index contributed by atoms with van der Waals surface area (Å²) in [5.41, 5.74) is 0.484. The van der Waals surface area contributed by atoms with Crippen molar-refractivity contribution in [1.82, 2.24) is 0 Å². The smallest absolute Gasteiger partial charge is 0.230 e. The lowest BCUT2D eigenvalue weighted by molar-refractivity contribution is -0.126. The van der Waals surface area contributed by atoms with Gasteiger partial charge in [-0.3, -0.25) is 9.59 Å². The number of hydrogen-bond acceptors (Lipinski definition) is 3. The van der Waals surface area contributed by atoms with Crippen LogP contribution in [0, 0.1) is 11.3 Å². The molecule has 0 aromatic heterocycles. The Morgan fingerprint density at radius 2 is 1.81 bits per heavy atom. The number of unbranched alkanes of at least 4 members (excludes halogenated alkanes) is 3. The molecule has 1 N–H and O–H groups in total. The summed E-state index contributed by atoms with van der Waals surface area (Å²) in [6, 6.07) is 7.69. The summed E-state index contributed by atoms with van der Waals surface area (Å²) in [7, 11) is 0. The zero-order valence-electron chi connectivity index (χ0n) is 17.2. The molecule has 0 spiro atoms. The lowest BCUT2D eigenvalue weighted by Gasteiger charge is -2.32. The van der Waals surface area contributed by atoms with Crippen molar-refractivity contribution in [2.45, 2.75) is 89.9 Å². The van der Waals surface area contributed by atoms with Crippen LogP contribution in [0.3, 0.4) is 0 Å². The van der Waals surface area contributed by atoms with Crippen molar-refractivity contribution >= 4 is 28.5 Å². The van der Waals surface area contributed by atoms with Gasteiger partial charge in [-0.05, 0) is 43.2 Å². The number of thioether (sulfide) groups is 1. The van der Waals surface area contributed by atoms with Crippen molar-refractivity contribution < 1.29 is 9.59 Å². The van der Waals surface area contributed by atoms with Crippen molar-refractivity contribution in [3.05, 3.63) is 24.3 Å². The standard InChI is InChI=1S/C23H35NO2S/c1-4-5-6-8-13-18(2)21(25)27-20-15-10-9-14-19(20)24-22(26)23(3)16-11-7-12-17-23/h9-10,14-15,18H,4-8,11-13,16-17H2,1-3H3,(H,24,26). The quantitative estimate of drug-likeness (QED) is 0.372. The van der Waals surface area contributed by atoms with Gasteiger partial charge < -0.3 is 5.32 Å². The third-order valence-electron chi connectivity index (χ3n) is 5.74. The van der Waals surface area contributed by atoms with Gasteiger partial charge in [-0.2, -0.15) is 0 Å². The molecule has 4 heteroatoms. The third-order valence-corrected chi connectivity index (χ3v) is 6.92. The average molecular weight is 390 g/mol. The topological polar surface area (TPSA) is 46.2 Å². The molecule has 2 rings (SSSR count). The van der Waals surface area contributed by atoms with Crippen LogP contribution in [0.25, 0.3) is 0 Å². The minimum Gasteiger partial charge on any atom is -0.325 e. The molecule has 27 heavy (non-hydrogen) atoms. The van der Waals surface area contributed by atoms with Gasteiger partial charge in [-0.15, -0.1) is 0 Å². The van der Waals surface area contributed by atoms with Crippen LogP contribution in [0.2, 0.25) is 0 Å². The number of anilines is 1. The highest BCUT2D eigenvalue weighted by molar-refractivity contribution is 8.13. The lowest BCUT2D eigenvalue weighted by atomic mass is 9.75. The van der Waals surface area contributed by atoms with Crippen molar-refractivity contribution in [1.29, 1.82) is 0 Å². The molecule has 1 aliphatic rings. The Morgan fingerprint density at radius 3 is 2.52 bits per heavy atom. The van der Waals surface area contributed by atoms with Gasteiger partial charge in [-0.1, -0.05) is 77.8 Å². The van der Waals surface area contributed by atoms with Gasteiger partial charge >= 0.3 is 0 Å². The summed E-state index contributed by atoms with van der Waals surface area (Å²) in [6.45, 7) is 6.29. The van der Waals surface area contributed by atoms with Crippen molar-refractivity contribution in [2.75, 3.05) is 5.32 Å². The number of rotatable bonds is 9. The molecule has 150 valence electrons. The van der Waals surface area contributed by atoms with Gasteiger partial charge in [0.25, 0.3) is 0 Å². The number of benzene rings is 1. The minimum atomic E-state index is -0.285. The first kappa shape index (κ1) is 22.0. The molecule has 3 nitrogen and oxygen atoms in total. The van der Waals surface area contributed by atoms with Crippen LogP contribution in [0.1, 0.15) is 85.0 Å². The maximum Gasteiger partial charge on any atom is 0.230 e. The van der Waals surface area contributed by atoms with E-state index in [0.717, 1.165) is 49.1 Å². The summed E-state index contributed by atoms with van der Waals surface area (Å²) < 4.78 is 0. The molecule has 1 unspecified atom stereocenters. The number of nitrogens with one attached hydrogen (secondary N) is 1. The predicted octanol–water partition coefficient (Wildman–Crippen LogP) is 6.82. The molecule has 0 bridgehead atoms. The summed E-state index contributed by atoms with van der Waals surface area (Å²) in [4.78, 5) is 26.3. The SMILES string of the molecule is CCCCCCC(C)C(=O)Sc1ccccc1NC(=O)C1(C)CCCCC1. The predicted molar refractivity (Wildman–Crippen MR) is 115 cm³/mol. The van der Waals surface area contributed by atoms with Crippen LogP contribution in [0.4, 0.5) is 5.69 Å². The molecule has 1 aromatic rings. The molecule has 0 radical (unpaired) electrons. The molecule has 1 atom stereocenters. The summed E-state index contributed by atoms with van der Waals surface area (Å²) in [5, 5.41) is 3.30. The van der Waals surface area contributed by atoms with E-state index in [1.807, 2.05) is 31.2 Å². The van der Waals surface area contributed by atoms with Crippen molar-refractivity contribution in [3.8, 4) is 0 Å². The van der Waals surface area contributed by atoms with Gasteiger partial charge in [0.1, 0.15) is 0 Å². The molecule has 1 aliphatic carbocycles. The molecular formula is C23H35NO2S. The van der Waals surface area contributed by atoms with E-state index < -0.39 is 0 Å². The highest BCUT2D eigenvalue weighted by atomic mass is 32.2. The van der Waals surface area contributed by atoms with Gasteiger partial charge in [0.2, 0.25) is 5.91 Å². The molecule has 0 heterocycles. The molecule has 0 saturated heterocycles. The second-order valence-corrected chi connectivity index (χ2v) is 9.29. The van der Waals surface area contributed by atoms with E-state index in [1.54, 1.807) is 0 Å². The van der Waals surface area contributed by atoms with E-state index in [1.165, 1.54) is 37.4 Å². The fourth-order valence-corrected chi connectivity index (χ4v) is 4.61. The first-order valence-electron chi connectivity index (χ1n) is 10.6. The van der Waals surface area contributed by atoms with E-state index in [0.29, 0.717) is 0 Å². The monoisotopic (exact) mass is 389 g/mol. The molecule has 1 amide bonds. The highest BCUT2D eigenvalue weighted by Gasteiger charge is 2.34. The van der Waals surface area contributed by atoms with E-state index in [9.17, 15) is 9.59 Å². The Kier molecular flexibility index (Phi) is 8.88. The average Bonchev–Trinajstić information content (AvgIpc) is 2.67. The zero-order valence-corrected chi connectivity index (χ0v) is 18.0. The van der Waals surface area contributed by atoms with Crippen LogP contribution < -0.4 is 5.32 Å². The molecule has 1 saturated carbocycles. The Hall–Kier alpha value is -1.29.